The number of phenolic OH excluding ortho intramolecular Hbond substituents is 1. The molecule has 0 aliphatic rings. The van der Waals surface area contributed by atoms with Gasteiger partial charge in [0.25, 0.3) is 5.91 Å². The number of halogens is 1. The maximum atomic E-state index is 12.7. The van der Waals surface area contributed by atoms with E-state index in [0.29, 0.717) is 5.02 Å². The van der Waals surface area contributed by atoms with Gasteiger partial charge in [0.2, 0.25) is 0 Å². The third kappa shape index (κ3) is 4.55. The Balaban J connectivity index is 2.49. The van der Waals surface area contributed by atoms with E-state index in [0.717, 1.165) is 16.8 Å². The fraction of sp³-hybridized carbons (Fsp3) is 0.381. The van der Waals surface area contributed by atoms with Crippen molar-refractivity contribution in [3.05, 3.63) is 58.1 Å². The van der Waals surface area contributed by atoms with Crippen LogP contribution in [0.25, 0.3) is 0 Å². The minimum absolute atomic E-state index is 0.0336. The second kappa shape index (κ2) is 6.72. The van der Waals surface area contributed by atoms with Gasteiger partial charge in [-0.1, -0.05) is 65.3 Å². The summed E-state index contributed by atoms with van der Waals surface area (Å²) in [7, 11) is 0. The van der Waals surface area contributed by atoms with Crippen molar-refractivity contribution in [2.75, 3.05) is 5.32 Å². The number of benzene rings is 2. The standard InChI is InChI=1S/C21H26ClNO2/c1-20(2,3)13-7-9-16(21(4,5)6)17(11-13)23-19(25)15-12-14(22)8-10-18(15)24/h7-12,24H,1-6H3,(H,23,25). The molecular formula is C21H26ClNO2. The predicted molar refractivity (Wildman–Crippen MR) is 105 cm³/mol. The number of amides is 1. The number of rotatable bonds is 2. The van der Waals surface area contributed by atoms with Gasteiger partial charge in [0.15, 0.2) is 0 Å². The van der Waals surface area contributed by atoms with Crippen molar-refractivity contribution in [1.82, 2.24) is 0 Å². The molecule has 0 heterocycles. The van der Waals surface area contributed by atoms with Gasteiger partial charge in [-0.05, 0) is 46.2 Å². The smallest absolute Gasteiger partial charge is 0.259 e. The largest absolute Gasteiger partial charge is 0.507 e. The van der Waals surface area contributed by atoms with E-state index < -0.39 is 0 Å². The quantitative estimate of drug-likeness (QED) is 0.702. The van der Waals surface area contributed by atoms with Crippen LogP contribution in [0.15, 0.2) is 36.4 Å². The van der Waals surface area contributed by atoms with E-state index >= 15 is 0 Å². The van der Waals surface area contributed by atoms with Crippen LogP contribution in [0.2, 0.25) is 5.02 Å². The van der Waals surface area contributed by atoms with Crippen LogP contribution in [0.3, 0.4) is 0 Å². The highest BCUT2D eigenvalue weighted by Crippen LogP contribution is 2.34. The Hall–Kier alpha value is -2.00. The molecular weight excluding hydrogens is 334 g/mol. The lowest BCUT2D eigenvalue weighted by molar-refractivity contribution is 0.102. The van der Waals surface area contributed by atoms with Gasteiger partial charge in [-0.2, -0.15) is 0 Å². The normalized spacial score (nSPS) is 12.1. The molecule has 2 rings (SSSR count). The van der Waals surface area contributed by atoms with Crippen LogP contribution in [-0.2, 0) is 10.8 Å². The zero-order valence-corrected chi connectivity index (χ0v) is 16.5. The van der Waals surface area contributed by atoms with Crippen LogP contribution in [0.4, 0.5) is 5.69 Å². The first-order valence-electron chi connectivity index (χ1n) is 8.34. The van der Waals surface area contributed by atoms with Gasteiger partial charge in [-0.15, -0.1) is 0 Å². The molecule has 0 saturated carbocycles. The summed E-state index contributed by atoms with van der Waals surface area (Å²) in [6.07, 6.45) is 0. The molecule has 0 aromatic heterocycles. The third-order valence-electron chi connectivity index (χ3n) is 4.15. The van der Waals surface area contributed by atoms with Crippen LogP contribution < -0.4 is 5.32 Å². The Morgan fingerprint density at radius 3 is 2.16 bits per heavy atom. The van der Waals surface area contributed by atoms with Crippen molar-refractivity contribution < 1.29 is 9.90 Å². The molecule has 25 heavy (non-hydrogen) atoms. The number of carbonyl (C=O) groups excluding carboxylic acids is 1. The summed E-state index contributed by atoms with van der Waals surface area (Å²) in [5, 5.41) is 13.3. The van der Waals surface area contributed by atoms with Gasteiger partial charge in [0.05, 0.1) is 5.56 Å². The maximum absolute atomic E-state index is 12.7. The van der Waals surface area contributed by atoms with Crippen molar-refractivity contribution in [1.29, 1.82) is 0 Å². The number of nitrogens with one attached hydrogen (secondary N) is 1. The Kier molecular flexibility index (Phi) is 5.19. The number of phenols is 1. The molecule has 0 saturated heterocycles. The zero-order valence-electron chi connectivity index (χ0n) is 15.7. The van der Waals surface area contributed by atoms with Crippen molar-refractivity contribution in [3.8, 4) is 5.75 Å². The number of anilines is 1. The Labute approximate surface area is 155 Å². The zero-order chi connectivity index (χ0) is 19.0. The molecule has 3 nitrogen and oxygen atoms in total. The van der Waals surface area contributed by atoms with Gasteiger partial charge in [-0.3, -0.25) is 4.79 Å². The van der Waals surface area contributed by atoms with Crippen LogP contribution in [-0.4, -0.2) is 11.0 Å². The lowest BCUT2D eigenvalue weighted by Gasteiger charge is -2.27. The van der Waals surface area contributed by atoms with E-state index in [2.05, 4.69) is 59.0 Å². The number of aromatic hydroxyl groups is 1. The first-order chi connectivity index (χ1) is 11.4. The average molecular weight is 360 g/mol. The molecule has 0 aliphatic carbocycles. The van der Waals surface area contributed by atoms with E-state index in [1.807, 2.05) is 6.07 Å². The summed E-state index contributed by atoms with van der Waals surface area (Å²) in [5.74, 6) is -0.470. The van der Waals surface area contributed by atoms with Crippen molar-refractivity contribution in [3.63, 3.8) is 0 Å². The molecule has 0 fully saturated rings. The minimum Gasteiger partial charge on any atom is -0.507 e. The molecule has 0 radical (unpaired) electrons. The van der Waals surface area contributed by atoms with Crippen LogP contribution >= 0.6 is 11.6 Å². The molecule has 2 aromatic rings. The summed E-state index contributed by atoms with van der Waals surface area (Å²) in [4.78, 5) is 12.7. The Morgan fingerprint density at radius 1 is 0.960 bits per heavy atom. The predicted octanol–water partition coefficient (Wildman–Crippen LogP) is 5.89. The fourth-order valence-corrected chi connectivity index (χ4v) is 2.82. The van der Waals surface area contributed by atoms with E-state index in [-0.39, 0.29) is 28.1 Å². The average Bonchev–Trinajstić information content (AvgIpc) is 2.47. The van der Waals surface area contributed by atoms with Crippen molar-refractivity contribution >= 4 is 23.2 Å². The van der Waals surface area contributed by atoms with E-state index in [9.17, 15) is 9.90 Å². The molecule has 0 aliphatic heterocycles. The van der Waals surface area contributed by atoms with Crippen LogP contribution in [0, 0.1) is 0 Å². The molecule has 134 valence electrons. The first-order valence-corrected chi connectivity index (χ1v) is 8.72. The lowest BCUT2D eigenvalue weighted by Crippen LogP contribution is -2.20. The molecule has 0 atom stereocenters. The second-order valence-electron chi connectivity index (χ2n) is 8.38. The summed E-state index contributed by atoms with van der Waals surface area (Å²) in [6, 6.07) is 10.6. The monoisotopic (exact) mass is 359 g/mol. The molecule has 0 spiro atoms. The Bertz CT molecular complexity index is 799. The minimum atomic E-state index is -0.378. The van der Waals surface area contributed by atoms with Gasteiger partial charge in [-0.25, -0.2) is 0 Å². The van der Waals surface area contributed by atoms with Gasteiger partial charge in [0, 0.05) is 10.7 Å². The topological polar surface area (TPSA) is 49.3 Å². The summed E-state index contributed by atoms with van der Waals surface area (Å²) < 4.78 is 0. The van der Waals surface area contributed by atoms with Crippen molar-refractivity contribution in [2.24, 2.45) is 0 Å². The van der Waals surface area contributed by atoms with Crippen LogP contribution in [0.5, 0.6) is 5.75 Å². The number of hydrogen-bond donors (Lipinski definition) is 2. The molecule has 2 N–H and O–H groups in total. The summed E-state index contributed by atoms with van der Waals surface area (Å²) in [6.45, 7) is 12.7. The Morgan fingerprint density at radius 2 is 1.60 bits per heavy atom. The number of carbonyl (C=O) groups is 1. The number of hydrogen-bond acceptors (Lipinski definition) is 2. The highest BCUT2D eigenvalue weighted by Gasteiger charge is 2.23. The van der Waals surface area contributed by atoms with Crippen molar-refractivity contribution in [2.45, 2.75) is 52.4 Å². The fourth-order valence-electron chi connectivity index (χ4n) is 2.65. The maximum Gasteiger partial charge on any atom is 0.259 e. The molecule has 0 bridgehead atoms. The summed E-state index contributed by atoms with van der Waals surface area (Å²) >= 11 is 5.96. The lowest BCUT2D eigenvalue weighted by atomic mass is 9.81. The SMILES string of the molecule is CC(C)(C)c1ccc(C(C)(C)C)c(NC(=O)c2cc(Cl)ccc2O)c1. The molecule has 0 unspecified atom stereocenters. The van der Waals surface area contributed by atoms with E-state index in [1.54, 1.807) is 6.07 Å². The highest BCUT2D eigenvalue weighted by atomic mass is 35.5. The first kappa shape index (κ1) is 19.3. The van der Waals surface area contributed by atoms with Gasteiger partial charge >= 0.3 is 0 Å². The molecule has 4 heteroatoms. The van der Waals surface area contributed by atoms with Gasteiger partial charge in [0.1, 0.15) is 5.75 Å². The summed E-state index contributed by atoms with van der Waals surface area (Å²) in [5.41, 5.74) is 2.92. The molecule has 1 amide bonds. The van der Waals surface area contributed by atoms with E-state index in [4.69, 9.17) is 11.6 Å². The molecule has 2 aromatic carbocycles. The van der Waals surface area contributed by atoms with Crippen LogP contribution in [0.1, 0.15) is 63.0 Å². The van der Waals surface area contributed by atoms with E-state index in [1.165, 1.54) is 12.1 Å². The highest BCUT2D eigenvalue weighted by molar-refractivity contribution is 6.31. The van der Waals surface area contributed by atoms with Gasteiger partial charge < -0.3 is 10.4 Å². The second-order valence-corrected chi connectivity index (χ2v) is 8.81. The third-order valence-corrected chi connectivity index (χ3v) is 4.38.